The minimum atomic E-state index is 0.382. The molecule has 154 valence electrons. The van der Waals surface area contributed by atoms with Crippen molar-refractivity contribution in [1.82, 2.24) is 19.8 Å². The van der Waals surface area contributed by atoms with Gasteiger partial charge >= 0.3 is 6.01 Å². The van der Waals surface area contributed by atoms with Crippen molar-refractivity contribution in [3.8, 4) is 11.8 Å². The van der Waals surface area contributed by atoms with Crippen LogP contribution in [0.1, 0.15) is 29.5 Å². The predicted octanol–water partition coefficient (Wildman–Crippen LogP) is 4.29. The highest BCUT2D eigenvalue weighted by molar-refractivity contribution is 5.30. The number of rotatable bonds is 5. The van der Waals surface area contributed by atoms with Gasteiger partial charge in [0.1, 0.15) is 5.75 Å². The van der Waals surface area contributed by atoms with E-state index in [1.807, 2.05) is 12.1 Å². The third-order valence-corrected chi connectivity index (χ3v) is 6.24. The molecule has 3 aromatic rings. The highest BCUT2D eigenvalue weighted by atomic mass is 16.5. The zero-order chi connectivity index (χ0) is 20.2. The van der Waals surface area contributed by atoms with Gasteiger partial charge in [0.2, 0.25) is 0 Å². The van der Waals surface area contributed by atoms with Gasteiger partial charge in [0, 0.05) is 44.6 Å². The molecular formula is C25H28N4O. The van der Waals surface area contributed by atoms with Gasteiger partial charge in [-0.15, -0.1) is 0 Å². The molecule has 2 aliphatic rings. The monoisotopic (exact) mass is 400 g/mol. The lowest BCUT2D eigenvalue weighted by Gasteiger charge is -2.41. The molecule has 1 atom stereocenters. The molecule has 1 unspecified atom stereocenters. The number of hydrogen-bond donors (Lipinski definition) is 0. The second-order valence-electron chi connectivity index (χ2n) is 8.30. The highest BCUT2D eigenvalue weighted by Crippen LogP contribution is 2.25. The standard InChI is InChI=1S/C25H28N4O/c1-2-6-22-18-29(16-12-21(22)5-1)23-7-3-15-28(19-23)17-20-8-10-24(11-9-20)30-25-26-13-4-14-27-25/h1-2,4-6,8-11,13-14,23H,3,7,12,15-19H2. The maximum absolute atomic E-state index is 5.71. The molecule has 3 heterocycles. The molecule has 2 aromatic carbocycles. The quantitative estimate of drug-likeness (QED) is 0.639. The van der Waals surface area contributed by atoms with Crippen LogP contribution in [0.15, 0.2) is 67.0 Å². The molecular weight excluding hydrogens is 372 g/mol. The van der Waals surface area contributed by atoms with E-state index in [2.05, 4.69) is 56.2 Å². The number of hydrogen-bond acceptors (Lipinski definition) is 5. The van der Waals surface area contributed by atoms with E-state index in [0.29, 0.717) is 12.1 Å². The van der Waals surface area contributed by atoms with Crippen molar-refractivity contribution >= 4 is 0 Å². The molecule has 0 aliphatic carbocycles. The van der Waals surface area contributed by atoms with Gasteiger partial charge in [0.05, 0.1) is 0 Å². The molecule has 0 N–H and O–H groups in total. The fraction of sp³-hybridized carbons (Fsp3) is 0.360. The summed E-state index contributed by atoms with van der Waals surface area (Å²) in [6.07, 6.45) is 7.13. The summed E-state index contributed by atoms with van der Waals surface area (Å²) in [5.74, 6) is 0.772. The van der Waals surface area contributed by atoms with E-state index in [4.69, 9.17) is 4.74 Å². The Morgan fingerprint density at radius 2 is 1.70 bits per heavy atom. The Morgan fingerprint density at radius 1 is 0.900 bits per heavy atom. The van der Waals surface area contributed by atoms with Crippen LogP contribution in [-0.2, 0) is 19.5 Å². The third-order valence-electron chi connectivity index (χ3n) is 6.24. The molecule has 30 heavy (non-hydrogen) atoms. The zero-order valence-electron chi connectivity index (χ0n) is 17.3. The summed E-state index contributed by atoms with van der Waals surface area (Å²) >= 11 is 0. The molecule has 1 fully saturated rings. The lowest BCUT2D eigenvalue weighted by Crippen LogP contribution is -2.49. The number of fused-ring (bicyclic) bond motifs is 1. The van der Waals surface area contributed by atoms with E-state index in [0.717, 1.165) is 25.4 Å². The van der Waals surface area contributed by atoms with Crippen molar-refractivity contribution in [2.45, 2.75) is 38.4 Å². The first-order valence-electron chi connectivity index (χ1n) is 10.9. The van der Waals surface area contributed by atoms with Gasteiger partial charge in [-0.2, -0.15) is 0 Å². The van der Waals surface area contributed by atoms with E-state index in [-0.39, 0.29) is 0 Å². The first-order chi connectivity index (χ1) is 14.8. The van der Waals surface area contributed by atoms with Gasteiger partial charge < -0.3 is 4.74 Å². The fourth-order valence-corrected chi connectivity index (χ4v) is 4.67. The maximum Gasteiger partial charge on any atom is 0.321 e. The van der Waals surface area contributed by atoms with Crippen LogP contribution >= 0.6 is 0 Å². The van der Waals surface area contributed by atoms with E-state index in [1.54, 1.807) is 18.5 Å². The minimum Gasteiger partial charge on any atom is -0.424 e. The summed E-state index contributed by atoms with van der Waals surface area (Å²) in [4.78, 5) is 13.5. The van der Waals surface area contributed by atoms with Crippen LogP contribution in [0, 0.1) is 0 Å². The van der Waals surface area contributed by atoms with Crippen LogP contribution in [0.4, 0.5) is 0 Å². The summed E-state index contributed by atoms with van der Waals surface area (Å²) < 4.78 is 5.71. The molecule has 1 aromatic heterocycles. The molecule has 0 radical (unpaired) electrons. The average Bonchev–Trinajstić information content (AvgIpc) is 2.81. The van der Waals surface area contributed by atoms with Crippen LogP contribution < -0.4 is 4.74 Å². The largest absolute Gasteiger partial charge is 0.424 e. The summed E-state index contributed by atoms with van der Waals surface area (Å²) in [5.41, 5.74) is 4.37. The van der Waals surface area contributed by atoms with Crippen molar-refractivity contribution in [3.05, 3.63) is 83.7 Å². The number of nitrogens with zero attached hydrogens (tertiary/aromatic N) is 4. The molecule has 2 aliphatic heterocycles. The Bertz CT molecular complexity index is 960. The lowest BCUT2D eigenvalue weighted by atomic mass is 9.96. The first-order valence-corrected chi connectivity index (χ1v) is 10.9. The van der Waals surface area contributed by atoms with Crippen LogP contribution in [0.5, 0.6) is 11.8 Å². The fourth-order valence-electron chi connectivity index (χ4n) is 4.67. The molecule has 0 saturated carbocycles. The molecule has 5 heteroatoms. The number of ether oxygens (including phenoxy) is 1. The Hall–Kier alpha value is -2.76. The van der Waals surface area contributed by atoms with Crippen LogP contribution in [0.25, 0.3) is 0 Å². The average molecular weight is 401 g/mol. The van der Waals surface area contributed by atoms with Crippen LogP contribution in [0.3, 0.4) is 0 Å². The predicted molar refractivity (Wildman–Crippen MR) is 117 cm³/mol. The van der Waals surface area contributed by atoms with E-state index in [9.17, 15) is 0 Å². The summed E-state index contributed by atoms with van der Waals surface area (Å²) in [6.45, 7) is 5.60. The SMILES string of the molecule is c1cnc(Oc2ccc(CN3CCCC(N4CCc5ccccc5C4)C3)cc2)nc1. The Kier molecular flexibility index (Phi) is 5.73. The van der Waals surface area contributed by atoms with Gasteiger partial charge in [-0.3, -0.25) is 9.80 Å². The smallest absolute Gasteiger partial charge is 0.321 e. The molecule has 1 saturated heterocycles. The molecule has 0 amide bonds. The number of likely N-dealkylation sites (tertiary alicyclic amines) is 1. The molecule has 5 nitrogen and oxygen atoms in total. The number of piperidine rings is 1. The normalized spacial score (nSPS) is 19.9. The molecule has 5 rings (SSSR count). The Balaban J connectivity index is 1.18. The second kappa shape index (κ2) is 8.94. The number of benzene rings is 2. The molecule has 0 bridgehead atoms. The zero-order valence-corrected chi connectivity index (χ0v) is 17.3. The minimum absolute atomic E-state index is 0.382. The maximum atomic E-state index is 5.71. The number of aromatic nitrogens is 2. The summed E-state index contributed by atoms with van der Waals surface area (Å²) in [6, 6.07) is 20.1. The molecule has 0 spiro atoms. The van der Waals surface area contributed by atoms with Crippen molar-refractivity contribution in [1.29, 1.82) is 0 Å². The van der Waals surface area contributed by atoms with E-state index in [1.165, 1.54) is 49.0 Å². The van der Waals surface area contributed by atoms with Gasteiger partial charge in [-0.1, -0.05) is 36.4 Å². The summed E-state index contributed by atoms with van der Waals surface area (Å²) in [5, 5.41) is 0. The van der Waals surface area contributed by atoms with Gasteiger partial charge in [-0.05, 0) is 60.7 Å². The van der Waals surface area contributed by atoms with Crippen molar-refractivity contribution in [2.75, 3.05) is 19.6 Å². The van der Waals surface area contributed by atoms with Crippen LogP contribution in [-0.4, -0.2) is 45.4 Å². The van der Waals surface area contributed by atoms with Crippen LogP contribution in [0.2, 0.25) is 0 Å². The van der Waals surface area contributed by atoms with E-state index >= 15 is 0 Å². The van der Waals surface area contributed by atoms with Crippen molar-refractivity contribution in [2.24, 2.45) is 0 Å². The Morgan fingerprint density at radius 3 is 2.53 bits per heavy atom. The Labute approximate surface area is 178 Å². The first kappa shape index (κ1) is 19.2. The highest BCUT2D eigenvalue weighted by Gasteiger charge is 2.27. The van der Waals surface area contributed by atoms with E-state index < -0.39 is 0 Å². The lowest BCUT2D eigenvalue weighted by molar-refractivity contribution is 0.0838. The van der Waals surface area contributed by atoms with Crippen molar-refractivity contribution in [3.63, 3.8) is 0 Å². The third kappa shape index (κ3) is 4.53. The van der Waals surface area contributed by atoms with Gasteiger partial charge in [0.15, 0.2) is 0 Å². The van der Waals surface area contributed by atoms with Gasteiger partial charge in [-0.25, -0.2) is 9.97 Å². The summed E-state index contributed by atoms with van der Waals surface area (Å²) in [7, 11) is 0. The topological polar surface area (TPSA) is 41.5 Å². The van der Waals surface area contributed by atoms with Crippen molar-refractivity contribution < 1.29 is 4.74 Å². The second-order valence-corrected chi connectivity index (χ2v) is 8.30. The van der Waals surface area contributed by atoms with Gasteiger partial charge in [0.25, 0.3) is 0 Å².